The van der Waals surface area contributed by atoms with E-state index in [4.69, 9.17) is 23.2 Å². The summed E-state index contributed by atoms with van der Waals surface area (Å²) in [5.74, 6) is -0.271. The number of halogens is 4. The molecule has 1 N–H and O–H groups in total. The highest BCUT2D eigenvalue weighted by Crippen LogP contribution is 2.30. The van der Waals surface area contributed by atoms with Crippen molar-refractivity contribution in [2.75, 3.05) is 5.32 Å². The van der Waals surface area contributed by atoms with Gasteiger partial charge in [-0.25, -0.2) is 4.39 Å². The molecule has 1 nitrogen and oxygen atoms in total. The summed E-state index contributed by atoms with van der Waals surface area (Å²) in [4.78, 5) is 0. The Labute approximate surface area is 129 Å². The molecule has 0 aliphatic heterocycles. The first-order chi connectivity index (χ1) is 8.97. The van der Waals surface area contributed by atoms with Gasteiger partial charge in [0.25, 0.3) is 0 Å². The minimum atomic E-state index is -0.271. The Balaban J connectivity index is 2.25. The van der Waals surface area contributed by atoms with E-state index < -0.39 is 0 Å². The van der Waals surface area contributed by atoms with Gasteiger partial charge in [0.1, 0.15) is 5.82 Å². The van der Waals surface area contributed by atoms with Crippen molar-refractivity contribution in [1.29, 1.82) is 0 Å². The lowest BCUT2D eigenvalue weighted by molar-refractivity contribution is 0.599. The number of anilines is 1. The number of rotatable bonds is 3. The molecule has 100 valence electrons. The summed E-state index contributed by atoms with van der Waals surface area (Å²) in [5.41, 5.74) is 1.25. The van der Waals surface area contributed by atoms with Crippen LogP contribution >= 0.6 is 39.1 Å². The third-order valence-corrected chi connectivity index (χ3v) is 3.79. The van der Waals surface area contributed by atoms with Crippen LogP contribution in [0, 0.1) is 5.82 Å². The average molecular weight is 363 g/mol. The Hall–Kier alpha value is -0.770. The van der Waals surface area contributed by atoms with E-state index in [0.717, 1.165) is 0 Å². The minimum absolute atomic E-state index is 0.218. The Morgan fingerprint density at radius 1 is 1.16 bits per heavy atom. The van der Waals surface area contributed by atoms with Crippen LogP contribution in [0.1, 0.15) is 18.5 Å². The first kappa shape index (κ1) is 14.6. The van der Waals surface area contributed by atoms with Gasteiger partial charge in [-0.15, -0.1) is 0 Å². The van der Waals surface area contributed by atoms with Crippen molar-refractivity contribution in [3.63, 3.8) is 0 Å². The zero-order valence-corrected chi connectivity index (χ0v) is 13.2. The van der Waals surface area contributed by atoms with E-state index >= 15 is 0 Å². The van der Waals surface area contributed by atoms with E-state index in [1.54, 1.807) is 30.3 Å². The molecule has 19 heavy (non-hydrogen) atoms. The van der Waals surface area contributed by atoms with E-state index in [2.05, 4.69) is 21.2 Å². The summed E-state index contributed by atoms with van der Waals surface area (Å²) in [5, 5.41) is 4.28. The fourth-order valence-corrected chi connectivity index (χ4v) is 2.45. The van der Waals surface area contributed by atoms with Crippen molar-refractivity contribution in [2.24, 2.45) is 0 Å². The van der Waals surface area contributed by atoms with Gasteiger partial charge in [0.05, 0.1) is 16.8 Å². The Morgan fingerprint density at radius 3 is 2.58 bits per heavy atom. The van der Waals surface area contributed by atoms with Crippen LogP contribution in [-0.2, 0) is 0 Å². The molecule has 1 unspecified atom stereocenters. The van der Waals surface area contributed by atoms with E-state index in [0.29, 0.717) is 25.8 Å². The average Bonchev–Trinajstić information content (AvgIpc) is 2.33. The molecule has 5 heteroatoms. The maximum absolute atomic E-state index is 13.9. The van der Waals surface area contributed by atoms with Crippen LogP contribution in [0.4, 0.5) is 10.1 Å². The van der Waals surface area contributed by atoms with Gasteiger partial charge in [0, 0.05) is 15.1 Å². The van der Waals surface area contributed by atoms with Crippen molar-refractivity contribution in [2.45, 2.75) is 13.0 Å². The highest BCUT2D eigenvalue weighted by molar-refractivity contribution is 9.10. The number of hydrogen-bond donors (Lipinski definition) is 1. The third kappa shape index (κ3) is 3.62. The molecule has 0 bridgehead atoms. The highest BCUT2D eigenvalue weighted by Gasteiger charge is 2.12. The van der Waals surface area contributed by atoms with Gasteiger partial charge in [-0.1, -0.05) is 45.2 Å². The summed E-state index contributed by atoms with van der Waals surface area (Å²) in [6.45, 7) is 1.86. The number of nitrogens with one attached hydrogen (secondary N) is 1. The van der Waals surface area contributed by atoms with E-state index in [1.165, 1.54) is 6.07 Å². The summed E-state index contributed by atoms with van der Waals surface area (Å²) >= 11 is 15.2. The summed E-state index contributed by atoms with van der Waals surface area (Å²) in [6, 6.07) is 9.89. The van der Waals surface area contributed by atoms with Crippen molar-refractivity contribution in [1.82, 2.24) is 0 Å². The molecule has 0 aromatic heterocycles. The van der Waals surface area contributed by atoms with Crippen LogP contribution in [0.5, 0.6) is 0 Å². The molecule has 0 fully saturated rings. The van der Waals surface area contributed by atoms with Gasteiger partial charge < -0.3 is 5.32 Å². The van der Waals surface area contributed by atoms with Gasteiger partial charge in [-0.2, -0.15) is 0 Å². The second-order valence-electron chi connectivity index (χ2n) is 4.16. The number of hydrogen-bond acceptors (Lipinski definition) is 1. The fourth-order valence-electron chi connectivity index (χ4n) is 1.77. The molecule has 0 saturated carbocycles. The Bertz CT molecular complexity index is 604. The molecule has 2 aromatic carbocycles. The maximum atomic E-state index is 13.9. The van der Waals surface area contributed by atoms with E-state index in [-0.39, 0.29) is 11.9 Å². The van der Waals surface area contributed by atoms with E-state index in [1.807, 2.05) is 6.92 Å². The largest absolute Gasteiger partial charge is 0.377 e. The van der Waals surface area contributed by atoms with Crippen LogP contribution < -0.4 is 5.32 Å². The molecule has 2 rings (SSSR count). The molecular weight excluding hydrogens is 352 g/mol. The van der Waals surface area contributed by atoms with Crippen molar-refractivity contribution in [3.05, 3.63) is 62.3 Å². The van der Waals surface area contributed by atoms with Crippen LogP contribution in [0.3, 0.4) is 0 Å². The minimum Gasteiger partial charge on any atom is -0.377 e. The molecule has 2 aromatic rings. The van der Waals surface area contributed by atoms with Crippen molar-refractivity contribution >= 4 is 44.8 Å². The molecule has 1 atom stereocenters. The normalized spacial score (nSPS) is 12.3. The van der Waals surface area contributed by atoms with Crippen molar-refractivity contribution in [3.8, 4) is 0 Å². The fraction of sp³-hybridized carbons (Fsp3) is 0.143. The predicted molar refractivity (Wildman–Crippen MR) is 82.6 cm³/mol. The SMILES string of the molecule is CC(Nc1cc(Cl)ccc1Cl)c1ccc(Br)cc1F. The monoisotopic (exact) mass is 361 g/mol. The first-order valence-corrected chi connectivity index (χ1v) is 7.19. The van der Waals surface area contributed by atoms with E-state index in [9.17, 15) is 4.39 Å². The third-order valence-electron chi connectivity index (χ3n) is 2.73. The molecule has 0 aliphatic rings. The van der Waals surface area contributed by atoms with Gasteiger partial charge in [-0.3, -0.25) is 0 Å². The summed E-state index contributed by atoms with van der Waals surface area (Å²) in [7, 11) is 0. The Kier molecular flexibility index (Phi) is 4.71. The van der Waals surface area contributed by atoms with Crippen LogP contribution in [0.2, 0.25) is 10.0 Å². The van der Waals surface area contributed by atoms with Crippen molar-refractivity contribution < 1.29 is 4.39 Å². The Morgan fingerprint density at radius 2 is 1.89 bits per heavy atom. The zero-order valence-electron chi connectivity index (χ0n) is 10.1. The van der Waals surface area contributed by atoms with Gasteiger partial charge in [0.15, 0.2) is 0 Å². The standard InChI is InChI=1S/C14H11BrCl2FN/c1-8(11-4-2-9(15)6-13(11)18)19-14-7-10(16)3-5-12(14)17/h2-8,19H,1H3. The first-order valence-electron chi connectivity index (χ1n) is 5.64. The topological polar surface area (TPSA) is 12.0 Å². The molecule has 0 radical (unpaired) electrons. The zero-order chi connectivity index (χ0) is 14.0. The quantitative estimate of drug-likeness (QED) is 0.698. The highest BCUT2D eigenvalue weighted by atomic mass is 79.9. The summed E-state index contributed by atoms with van der Waals surface area (Å²) in [6.07, 6.45) is 0. The smallest absolute Gasteiger partial charge is 0.129 e. The van der Waals surface area contributed by atoms with Crippen LogP contribution in [0.15, 0.2) is 40.9 Å². The summed E-state index contributed by atoms with van der Waals surface area (Å²) < 4.78 is 14.6. The molecule has 0 aliphatic carbocycles. The second kappa shape index (κ2) is 6.12. The lowest BCUT2D eigenvalue weighted by Gasteiger charge is -2.17. The van der Waals surface area contributed by atoms with Gasteiger partial charge in [0.2, 0.25) is 0 Å². The molecule has 0 heterocycles. The lowest BCUT2D eigenvalue weighted by atomic mass is 10.1. The second-order valence-corrected chi connectivity index (χ2v) is 5.92. The predicted octanol–water partition coefficient (Wildman–Crippen LogP) is 6.07. The maximum Gasteiger partial charge on any atom is 0.129 e. The molecule has 0 spiro atoms. The number of benzene rings is 2. The van der Waals surface area contributed by atoms with Gasteiger partial charge >= 0.3 is 0 Å². The van der Waals surface area contributed by atoms with Crippen LogP contribution in [0.25, 0.3) is 0 Å². The molecule has 0 amide bonds. The molecular formula is C14H11BrCl2FN. The van der Waals surface area contributed by atoms with Gasteiger partial charge in [-0.05, 0) is 37.3 Å². The lowest BCUT2D eigenvalue weighted by Crippen LogP contribution is -2.09. The van der Waals surface area contributed by atoms with Crippen LogP contribution in [-0.4, -0.2) is 0 Å². The molecule has 0 saturated heterocycles.